The zero-order valence-corrected chi connectivity index (χ0v) is 13.5. The van der Waals surface area contributed by atoms with Gasteiger partial charge in [-0.25, -0.2) is 4.79 Å². The Hall–Kier alpha value is -3.40. The number of carbonyl (C=O) groups is 2. The second kappa shape index (κ2) is 7.93. The lowest BCUT2D eigenvalue weighted by Crippen LogP contribution is -2.34. The molecule has 1 amide bonds. The van der Waals surface area contributed by atoms with Gasteiger partial charge in [0, 0.05) is 5.56 Å². The largest absolute Gasteiger partial charge is 0.337 e. The quantitative estimate of drug-likeness (QED) is 0.678. The molecule has 0 saturated heterocycles. The lowest BCUT2D eigenvalue weighted by Gasteiger charge is -2.21. The van der Waals surface area contributed by atoms with Gasteiger partial charge in [0.05, 0.1) is 12.1 Å². The second-order valence-corrected chi connectivity index (χ2v) is 5.43. The monoisotopic (exact) mass is 331 g/mol. The SMILES string of the molecule is O=C(Cc1ccccc1)ON(C(=O)c1ccccc1)c1ccccc1. The summed E-state index contributed by atoms with van der Waals surface area (Å²) in [5, 5.41) is 1.04. The van der Waals surface area contributed by atoms with Gasteiger partial charge in [-0.3, -0.25) is 4.79 Å². The number of rotatable bonds is 4. The first kappa shape index (κ1) is 16.5. The Morgan fingerprint density at radius 3 is 1.84 bits per heavy atom. The van der Waals surface area contributed by atoms with E-state index in [-0.39, 0.29) is 6.42 Å². The smallest absolute Gasteiger partial charge is 0.333 e. The standard InChI is InChI=1S/C21H17NO3/c23-20(16-17-10-4-1-5-11-17)25-22(19-14-8-3-9-15-19)21(24)18-12-6-2-7-13-18/h1-15H,16H2. The van der Waals surface area contributed by atoms with E-state index in [0.717, 1.165) is 10.6 Å². The van der Waals surface area contributed by atoms with E-state index < -0.39 is 11.9 Å². The van der Waals surface area contributed by atoms with Crippen LogP contribution in [0.4, 0.5) is 5.69 Å². The zero-order valence-electron chi connectivity index (χ0n) is 13.5. The molecule has 4 heteroatoms. The first-order chi connectivity index (χ1) is 12.2. The number of hydroxylamine groups is 1. The molecule has 3 aromatic rings. The van der Waals surface area contributed by atoms with Gasteiger partial charge in [-0.05, 0) is 29.8 Å². The van der Waals surface area contributed by atoms with Gasteiger partial charge in [0.15, 0.2) is 0 Å². The Balaban J connectivity index is 1.82. The van der Waals surface area contributed by atoms with Crippen molar-refractivity contribution in [2.75, 3.05) is 5.06 Å². The van der Waals surface area contributed by atoms with Gasteiger partial charge in [0.2, 0.25) is 0 Å². The Morgan fingerprint density at radius 2 is 1.24 bits per heavy atom. The summed E-state index contributed by atoms with van der Waals surface area (Å²) in [5.74, 6) is -0.896. The first-order valence-electron chi connectivity index (χ1n) is 7.93. The molecule has 3 aromatic carbocycles. The van der Waals surface area contributed by atoms with Crippen LogP contribution in [0.1, 0.15) is 15.9 Å². The number of benzene rings is 3. The number of carbonyl (C=O) groups excluding carboxylic acids is 2. The van der Waals surface area contributed by atoms with E-state index >= 15 is 0 Å². The van der Waals surface area contributed by atoms with Crippen molar-refractivity contribution >= 4 is 17.6 Å². The van der Waals surface area contributed by atoms with Crippen molar-refractivity contribution in [2.45, 2.75) is 6.42 Å². The second-order valence-electron chi connectivity index (χ2n) is 5.43. The minimum absolute atomic E-state index is 0.0895. The lowest BCUT2D eigenvalue weighted by atomic mass is 10.2. The average molecular weight is 331 g/mol. The third-order valence-electron chi connectivity index (χ3n) is 3.58. The summed E-state index contributed by atoms with van der Waals surface area (Å²) in [6.07, 6.45) is 0.0895. The fourth-order valence-electron chi connectivity index (χ4n) is 2.37. The number of hydrogen-bond acceptors (Lipinski definition) is 3. The van der Waals surface area contributed by atoms with Crippen LogP contribution < -0.4 is 5.06 Å². The summed E-state index contributed by atoms with van der Waals surface area (Å²) in [6, 6.07) is 26.8. The molecule has 25 heavy (non-hydrogen) atoms. The van der Waals surface area contributed by atoms with E-state index in [1.807, 2.05) is 42.5 Å². The molecule has 0 N–H and O–H groups in total. The molecule has 0 bridgehead atoms. The van der Waals surface area contributed by atoms with Gasteiger partial charge in [0.25, 0.3) is 5.91 Å². The molecule has 124 valence electrons. The molecule has 0 atom stereocenters. The fourth-order valence-corrected chi connectivity index (χ4v) is 2.37. The minimum atomic E-state index is -0.501. The number of para-hydroxylation sites is 1. The predicted octanol–water partition coefficient (Wildman–Crippen LogP) is 4.03. The molecule has 0 aliphatic heterocycles. The molecular weight excluding hydrogens is 314 g/mol. The molecule has 4 nitrogen and oxygen atoms in total. The van der Waals surface area contributed by atoms with Crippen LogP contribution in [-0.2, 0) is 16.1 Å². The van der Waals surface area contributed by atoms with E-state index in [2.05, 4.69) is 0 Å². The van der Waals surface area contributed by atoms with Crippen molar-refractivity contribution in [2.24, 2.45) is 0 Å². The summed E-state index contributed by atoms with van der Waals surface area (Å²) in [4.78, 5) is 30.5. The minimum Gasteiger partial charge on any atom is -0.333 e. The highest BCUT2D eigenvalue weighted by Gasteiger charge is 2.22. The lowest BCUT2D eigenvalue weighted by molar-refractivity contribution is -0.143. The normalized spacial score (nSPS) is 10.1. The predicted molar refractivity (Wildman–Crippen MR) is 95.9 cm³/mol. The summed E-state index contributed by atoms with van der Waals surface area (Å²) in [6.45, 7) is 0. The van der Waals surface area contributed by atoms with Crippen LogP contribution in [0.3, 0.4) is 0 Å². The van der Waals surface area contributed by atoms with E-state index in [1.54, 1.807) is 48.5 Å². The summed E-state index contributed by atoms with van der Waals surface area (Å²) < 4.78 is 0. The van der Waals surface area contributed by atoms with Crippen molar-refractivity contribution in [3.63, 3.8) is 0 Å². The van der Waals surface area contributed by atoms with Crippen LogP contribution in [0, 0.1) is 0 Å². The molecule has 0 spiro atoms. The van der Waals surface area contributed by atoms with E-state index in [1.165, 1.54) is 0 Å². The first-order valence-corrected chi connectivity index (χ1v) is 7.93. The molecule has 0 fully saturated rings. The van der Waals surface area contributed by atoms with Crippen LogP contribution in [-0.4, -0.2) is 11.9 Å². The Kier molecular flexibility index (Phi) is 5.22. The third kappa shape index (κ3) is 4.32. The van der Waals surface area contributed by atoms with Gasteiger partial charge < -0.3 is 4.84 Å². The van der Waals surface area contributed by atoms with Crippen molar-refractivity contribution < 1.29 is 14.4 Å². The number of amides is 1. The van der Waals surface area contributed by atoms with Crippen LogP contribution in [0.2, 0.25) is 0 Å². The molecule has 0 unspecified atom stereocenters. The van der Waals surface area contributed by atoms with E-state index in [4.69, 9.17) is 4.84 Å². The number of hydrogen-bond donors (Lipinski definition) is 0. The highest BCUT2D eigenvalue weighted by Crippen LogP contribution is 2.18. The van der Waals surface area contributed by atoms with Crippen molar-refractivity contribution in [3.05, 3.63) is 102 Å². The summed E-state index contributed by atoms with van der Waals surface area (Å²) >= 11 is 0. The zero-order chi connectivity index (χ0) is 17.5. The van der Waals surface area contributed by atoms with E-state index in [0.29, 0.717) is 11.3 Å². The highest BCUT2D eigenvalue weighted by atomic mass is 16.7. The topological polar surface area (TPSA) is 46.6 Å². The number of nitrogens with zero attached hydrogens (tertiary/aromatic N) is 1. The number of anilines is 1. The molecule has 0 aliphatic carbocycles. The summed E-state index contributed by atoms with van der Waals surface area (Å²) in [5.41, 5.74) is 1.77. The Bertz CT molecular complexity index is 833. The van der Waals surface area contributed by atoms with Gasteiger partial charge >= 0.3 is 5.97 Å². The van der Waals surface area contributed by atoms with Gasteiger partial charge in [0.1, 0.15) is 0 Å². The maximum absolute atomic E-state index is 12.8. The van der Waals surface area contributed by atoms with Crippen LogP contribution >= 0.6 is 0 Å². The Labute approximate surface area is 146 Å². The van der Waals surface area contributed by atoms with Gasteiger partial charge in [-0.1, -0.05) is 66.7 Å². The Morgan fingerprint density at radius 1 is 0.720 bits per heavy atom. The van der Waals surface area contributed by atoms with Crippen LogP contribution in [0.25, 0.3) is 0 Å². The fraction of sp³-hybridized carbons (Fsp3) is 0.0476. The summed E-state index contributed by atoms with van der Waals surface area (Å²) in [7, 11) is 0. The van der Waals surface area contributed by atoms with Crippen LogP contribution in [0.5, 0.6) is 0 Å². The average Bonchev–Trinajstić information content (AvgIpc) is 2.68. The maximum atomic E-state index is 12.8. The van der Waals surface area contributed by atoms with Crippen LogP contribution in [0.15, 0.2) is 91.0 Å². The van der Waals surface area contributed by atoms with E-state index in [9.17, 15) is 9.59 Å². The molecule has 3 rings (SSSR count). The van der Waals surface area contributed by atoms with Crippen molar-refractivity contribution in [3.8, 4) is 0 Å². The van der Waals surface area contributed by atoms with Crippen molar-refractivity contribution in [1.29, 1.82) is 0 Å². The maximum Gasteiger partial charge on any atom is 0.337 e. The van der Waals surface area contributed by atoms with Gasteiger partial charge in [-0.15, -0.1) is 5.06 Å². The molecule has 0 aromatic heterocycles. The molecule has 0 saturated carbocycles. The van der Waals surface area contributed by atoms with Crippen molar-refractivity contribution in [1.82, 2.24) is 0 Å². The third-order valence-corrected chi connectivity index (χ3v) is 3.58. The molecular formula is C21H17NO3. The highest BCUT2D eigenvalue weighted by molar-refractivity contribution is 6.05. The molecule has 0 heterocycles. The van der Waals surface area contributed by atoms with Gasteiger partial charge in [-0.2, -0.15) is 0 Å². The molecule has 0 aliphatic rings. The molecule has 0 radical (unpaired) electrons.